The highest BCUT2D eigenvalue weighted by molar-refractivity contribution is 7.15. The van der Waals surface area contributed by atoms with Crippen molar-refractivity contribution >= 4 is 33.3 Å². The van der Waals surface area contributed by atoms with Gasteiger partial charge in [0.05, 0.1) is 5.69 Å². The quantitative estimate of drug-likeness (QED) is 0.689. The fourth-order valence-electron chi connectivity index (χ4n) is 3.75. The van der Waals surface area contributed by atoms with Gasteiger partial charge in [-0.1, -0.05) is 13.0 Å². The smallest absolute Gasteiger partial charge is 0.293 e. The van der Waals surface area contributed by atoms with Gasteiger partial charge in [0.1, 0.15) is 5.58 Å². The van der Waals surface area contributed by atoms with Gasteiger partial charge in [-0.05, 0) is 63.1 Å². The minimum atomic E-state index is -0.218. The number of carbonyl (C=O) groups is 1. The third-order valence-electron chi connectivity index (χ3n) is 4.98. The van der Waals surface area contributed by atoms with Gasteiger partial charge in [-0.3, -0.25) is 10.1 Å². The van der Waals surface area contributed by atoms with Crippen LogP contribution in [0.15, 0.2) is 16.5 Å². The van der Waals surface area contributed by atoms with Crippen molar-refractivity contribution in [2.45, 2.75) is 47.0 Å². The number of hydrogen-bond acceptors (Lipinski definition) is 4. The molecular weight excluding hydrogens is 332 g/mol. The van der Waals surface area contributed by atoms with Gasteiger partial charge in [0.2, 0.25) is 0 Å². The topological polar surface area (TPSA) is 55.1 Å². The van der Waals surface area contributed by atoms with Gasteiger partial charge in [-0.2, -0.15) is 0 Å². The number of hydrogen-bond donors (Lipinski definition) is 1. The van der Waals surface area contributed by atoms with Crippen LogP contribution in [0.25, 0.3) is 11.0 Å². The Hall–Kier alpha value is -2.14. The highest BCUT2D eigenvalue weighted by Crippen LogP contribution is 2.33. The Bertz CT molecular complexity index is 983. The van der Waals surface area contributed by atoms with Gasteiger partial charge in [-0.25, -0.2) is 4.98 Å². The molecule has 4 nitrogen and oxygen atoms in total. The monoisotopic (exact) mass is 354 g/mol. The number of nitrogens with zero attached hydrogens (tertiary/aromatic N) is 1. The van der Waals surface area contributed by atoms with Crippen LogP contribution in [0.2, 0.25) is 0 Å². The van der Waals surface area contributed by atoms with Crippen LogP contribution < -0.4 is 5.32 Å². The normalized spacial score (nSPS) is 16.9. The predicted octanol–water partition coefficient (Wildman–Crippen LogP) is 5.19. The molecule has 1 atom stereocenters. The summed E-state index contributed by atoms with van der Waals surface area (Å²) in [6.45, 7) is 8.29. The van der Waals surface area contributed by atoms with Crippen LogP contribution in [-0.4, -0.2) is 10.9 Å². The molecule has 5 heteroatoms. The number of carbonyl (C=O) groups excluding carboxylic acids is 1. The number of nitrogens with one attached hydrogen (secondary N) is 1. The van der Waals surface area contributed by atoms with Crippen molar-refractivity contribution in [2.75, 3.05) is 5.32 Å². The Morgan fingerprint density at radius 3 is 2.92 bits per heavy atom. The Labute approximate surface area is 151 Å². The van der Waals surface area contributed by atoms with E-state index in [1.165, 1.54) is 11.3 Å². The van der Waals surface area contributed by atoms with Gasteiger partial charge < -0.3 is 4.42 Å². The van der Waals surface area contributed by atoms with Gasteiger partial charge in [-0.15, -0.1) is 11.3 Å². The molecule has 1 aliphatic carbocycles. The predicted molar refractivity (Wildman–Crippen MR) is 102 cm³/mol. The van der Waals surface area contributed by atoms with E-state index in [1.807, 2.05) is 19.9 Å². The lowest BCUT2D eigenvalue weighted by molar-refractivity contribution is 0.0998. The Kier molecular flexibility index (Phi) is 3.91. The van der Waals surface area contributed by atoms with Crippen LogP contribution in [0.5, 0.6) is 0 Å². The zero-order valence-electron chi connectivity index (χ0n) is 15.0. The molecular formula is C20H22N2O2S. The summed E-state index contributed by atoms with van der Waals surface area (Å²) in [5, 5.41) is 4.65. The highest BCUT2D eigenvalue weighted by atomic mass is 32.1. The number of amides is 1. The van der Waals surface area contributed by atoms with Crippen LogP contribution >= 0.6 is 11.3 Å². The fourth-order valence-corrected chi connectivity index (χ4v) is 4.92. The SMILES string of the molecule is Cc1cc(C)c2c(C)c(C(=O)Nc3nc4c(s3)C[C@@H](C)CC4)oc2c1. The Morgan fingerprint density at radius 2 is 2.12 bits per heavy atom. The van der Waals surface area contributed by atoms with E-state index in [0.717, 1.165) is 46.2 Å². The molecule has 2 heterocycles. The number of anilines is 1. The zero-order valence-corrected chi connectivity index (χ0v) is 15.8. The minimum Gasteiger partial charge on any atom is -0.451 e. The molecule has 0 bridgehead atoms. The molecule has 130 valence electrons. The average Bonchev–Trinajstić information content (AvgIpc) is 3.07. The van der Waals surface area contributed by atoms with Crippen molar-refractivity contribution in [3.05, 3.63) is 45.2 Å². The van der Waals surface area contributed by atoms with Crippen molar-refractivity contribution in [3.63, 3.8) is 0 Å². The largest absolute Gasteiger partial charge is 0.451 e. The molecule has 0 saturated heterocycles. The van der Waals surface area contributed by atoms with E-state index in [0.29, 0.717) is 16.8 Å². The molecule has 1 amide bonds. The maximum Gasteiger partial charge on any atom is 0.293 e. The summed E-state index contributed by atoms with van der Waals surface area (Å²) in [5.41, 5.74) is 5.07. The van der Waals surface area contributed by atoms with Crippen molar-refractivity contribution in [2.24, 2.45) is 5.92 Å². The molecule has 2 aromatic heterocycles. The summed E-state index contributed by atoms with van der Waals surface area (Å²) in [7, 11) is 0. The summed E-state index contributed by atoms with van der Waals surface area (Å²) < 4.78 is 5.88. The molecule has 0 radical (unpaired) electrons. The molecule has 1 aliphatic rings. The second-order valence-electron chi connectivity index (χ2n) is 7.20. The maximum atomic E-state index is 12.7. The van der Waals surface area contributed by atoms with E-state index in [-0.39, 0.29) is 5.91 Å². The van der Waals surface area contributed by atoms with Crippen molar-refractivity contribution in [3.8, 4) is 0 Å². The third kappa shape index (κ3) is 2.86. The molecule has 0 unspecified atom stereocenters. The third-order valence-corrected chi connectivity index (χ3v) is 6.02. The van der Waals surface area contributed by atoms with E-state index >= 15 is 0 Å². The molecule has 0 fully saturated rings. The fraction of sp³-hybridized carbons (Fsp3) is 0.400. The number of thiazole rings is 1. The second-order valence-corrected chi connectivity index (χ2v) is 8.29. The lowest BCUT2D eigenvalue weighted by Gasteiger charge is -2.15. The summed E-state index contributed by atoms with van der Waals surface area (Å²) in [5.74, 6) is 0.857. The van der Waals surface area contributed by atoms with Gasteiger partial charge in [0.15, 0.2) is 10.9 Å². The average molecular weight is 354 g/mol. The molecule has 1 aromatic carbocycles. The number of rotatable bonds is 2. The molecule has 0 aliphatic heterocycles. The first kappa shape index (κ1) is 16.3. The van der Waals surface area contributed by atoms with Crippen molar-refractivity contribution in [1.82, 2.24) is 4.98 Å². The first-order valence-corrected chi connectivity index (χ1v) is 9.54. The Balaban J connectivity index is 1.65. The summed E-state index contributed by atoms with van der Waals surface area (Å²) in [6.07, 6.45) is 3.24. The van der Waals surface area contributed by atoms with Crippen LogP contribution in [0.1, 0.15) is 51.2 Å². The van der Waals surface area contributed by atoms with Gasteiger partial charge in [0, 0.05) is 15.8 Å². The van der Waals surface area contributed by atoms with E-state index < -0.39 is 0 Å². The number of furan rings is 1. The van der Waals surface area contributed by atoms with Crippen LogP contribution in [0.3, 0.4) is 0 Å². The summed E-state index contributed by atoms with van der Waals surface area (Å²) in [6, 6.07) is 4.10. The van der Waals surface area contributed by atoms with E-state index in [1.54, 1.807) is 11.3 Å². The first-order chi connectivity index (χ1) is 11.9. The second kappa shape index (κ2) is 5.99. The zero-order chi connectivity index (χ0) is 17.7. The molecule has 0 saturated carbocycles. The summed E-state index contributed by atoms with van der Waals surface area (Å²) in [4.78, 5) is 18.7. The Morgan fingerprint density at radius 1 is 1.32 bits per heavy atom. The van der Waals surface area contributed by atoms with Gasteiger partial charge >= 0.3 is 0 Å². The molecule has 0 spiro atoms. The van der Waals surface area contributed by atoms with Gasteiger partial charge in [0.25, 0.3) is 5.91 Å². The van der Waals surface area contributed by atoms with Crippen LogP contribution in [-0.2, 0) is 12.8 Å². The van der Waals surface area contributed by atoms with Crippen molar-refractivity contribution < 1.29 is 9.21 Å². The van der Waals surface area contributed by atoms with Crippen LogP contribution in [0, 0.1) is 26.7 Å². The van der Waals surface area contributed by atoms with E-state index in [4.69, 9.17) is 4.42 Å². The highest BCUT2D eigenvalue weighted by Gasteiger charge is 2.23. The minimum absolute atomic E-state index is 0.218. The molecule has 3 aromatic rings. The van der Waals surface area contributed by atoms with Crippen molar-refractivity contribution in [1.29, 1.82) is 0 Å². The van der Waals surface area contributed by atoms with Crippen LogP contribution in [0.4, 0.5) is 5.13 Å². The van der Waals surface area contributed by atoms with E-state index in [2.05, 4.69) is 30.2 Å². The van der Waals surface area contributed by atoms with E-state index in [9.17, 15) is 4.79 Å². The number of benzene rings is 1. The number of fused-ring (bicyclic) bond motifs is 2. The summed E-state index contributed by atoms with van der Waals surface area (Å²) >= 11 is 1.60. The lowest BCUT2D eigenvalue weighted by atomic mass is 9.93. The number of aryl methyl sites for hydroxylation is 4. The molecule has 4 rings (SSSR count). The standard InChI is InChI=1S/C20H22N2O2S/c1-10-5-6-14-16(9-10)25-20(21-14)22-19(23)18-13(4)17-12(3)7-11(2)8-15(17)24-18/h7-8,10H,5-6,9H2,1-4H3,(H,21,22,23)/t10-/m0/s1. The molecule has 1 N–H and O–H groups in total. The first-order valence-electron chi connectivity index (χ1n) is 8.72. The number of aromatic nitrogens is 1. The maximum absolute atomic E-state index is 12.7. The lowest BCUT2D eigenvalue weighted by Crippen LogP contribution is -2.12. The molecule has 25 heavy (non-hydrogen) atoms.